The van der Waals surface area contributed by atoms with E-state index in [1.54, 1.807) is 25.1 Å². The number of halogens is 2. The second-order valence-corrected chi connectivity index (χ2v) is 5.54. The molecule has 1 atom stereocenters. The molecule has 2 nitrogen and oxygen atoms in total. The standard InChI is InChI=1S/C12H8Cl2O2S/c1-6-10(5-15)17-12(11(6)16)7-2-3-8(13)9(14)4-7/h2-4,12,16H,1H3. The van der Waals surface area contributed by atoms with E-state index in [4.69, 9.17) is 23.2 Å². The number of aliphatic hydroxyl groups is 1. The minimum absolute atomic E-state index is 0.173. The summed E-state index contributed by atoms with van der Waals surface area (Å²) in [4.78, 5) is 11.1. The highest BCUT2D eigenvalue weighted by Crippen LogP contribution is 2.49. The van der Waals surface area contributed by atoms with E-state index in [0.717, 1.165) is 5.56 Å². The van der Waals surface area contributed by atoms with E-state index in [0.29, 0.717) is 20.5 Å². The van der Waals surface area contributed by atoms with Crippen LogP contribution in [0.4, 0.5) is 0 Å². The summed E-state index contributed by atoms with van der Waals surface area (Å²) in [6.07, 6.45) is 0. The summed E-state index contributed by atoms with van der Waals surface area (Å²) in [6, 6.07) is 5.15. The Kier molecular flexibility index (Phi) is 3.55. The maximum Gasteiger partial charge on any atom is 0.139 e. The molecule has 0 radical (unpaired) electrons. The highest BCUT2D eigenvalue weighted by Gasteiger charge is 2.30. The van der Waals surface area contributed by atoms with Gasteiger partial charge in [-0.2, -0.15) is 0 Å². The zero-order valence-corrected chi connectivity index (χ0v) is 11.2. The van der Waals surface area contributed by atoms with Gasteiger partial charge in [-0.25, -0.2) is 4.79 Å². The zero-order chi connectivity index (χ0) is 12.6. The maximum absolute atomic E-state index is 10.7. The Labute approximate surface area is 113 Å². The highest BCUT2D eigenvalue weighted by molar-refractivity contribution is 8.04. The van der Waals surface area contributed by atoms with E-state index in [1.165, 1.54) is 11.8 Å². The largest absolute Gasteiger partial charge is 0.510 e. The molecule has 0 saturated carbocycles. The van der Waals surface area contributed by atoms with Crippen LogP contribution in [0, 0.1) is 0 Å². The first-order chi connectivity index (χ1) is 8.04. The van der Waals surface area contributed by atoms with Crippen LogP contribution in [0.2, 0.25) is 10.0 Å². The van der Waals surface area contributed by atoms with Crippen molar-refractivity contribution < 1.29 is 9.90 Å². The van der Waals surface area contributed by atoms with Gasteiger partial charge in [0.15, 0.2) is 0 Å². The molecule has 2 rings (SSSR count). The maximum atomic E-state index is 10.7. The van der Waals surface area contributed by atoms with Crippen molar-refractivity contribution in [3.8, 4) is 0 Å². The number of hydrogen-bond donors (Lipinski definition) is 1. The van der Waals surface area contributed by atoms with E-state index in [9.17, 15) is 9.90 Å². The Morgan fingerprint density at radius 3 is 2.59 bits per heavy atom. The van der Waals surface area contributed by atoms with Gasteiger partial charge in [-0.3, -0.25) is 0 Å². The van der Waals surface area contributed by atoms with Crippen LogP contribution in [0.5, 0.6) is 0 Å². The Hall–Kier alpha value is -0.860. The van der Waals surface area contributed by atoms with Gasteiger partial charge in [0.05, 0.1) is 20.2 Å². The van der Waals surface area contributed by atoms with Gasteiger partial charge in [0.1, 0.15) is 11.7 Å². The van der Waals surface area contributed by atoms with Gasteiger partial charge in [-0.15, -0.1) is 0 Å². The predicted octanol–water partition coefficient (Wildman–Crippen LogP) is 4.33. The Bertz CT molecular complexity index is 560. The fraction of sp³-hybridized carbons (Fsp3) is 0.167. The van der Waals surface area contributed by atoms with Crippen LogP contribution in [0.25, 0.3) is 0 Å². The minimum Gasteiger partial charge on any atom is -0.510 e. The molecule has 5 heteroatoms. The van der Waals surface area contributed by atoms with Gasteiger partial charge >= 0.3 is 0 Å². The molecular formula is C12H8Cl2O2S. The summed E-state index contributed by atoms with van der Waals surface area (Å²) in [7, 11) is 0. The first-order valence-corrected chi connectivity index (χ1v) is 6.45. The lowest BCUT2D eigenvalue weighted by molar-refractivity contribution is 0.393. The monoisotopic (exact) mass is 286 g/mol. The molecule has 1 heterocycles. The average Bonchev–Trinajstić information content (AvgIpc) is 2.60. The minimum atomic E-state index is -0.304. The highest BCUT2D eigenvalue weighted by atomic mass is 35.5. The molecule has 88 valence electrons. The van der Waals surface area contributed by atoms with Crippen molar-refractivity contribution in [1.29, 1.82) is 0 Å². The van der Waals surface area contributed by atoms with Gasteiger partial charge in [-0.1, -0.05) is 41.0 Å². The average molecular weight is 287 g/mol. The SMILES string of the molecule is CC1=C(O)C(c2ccc(Cl)c(Cl)c2)SC1=C=O. The lowest BCUT2D eigenvalue weighted by atomic mass is 10.1. The first kappa shape index (κ1) is 12.6. The lowest BCUT2D eigenvalue weighted by Gasteiger charge is -2.10. The smallest absolute Gasteiger partial charge is 0.139 e. The third kappa shape index (κ3) is 2.24. The summed E-state index contributed by atoms with van der Waals surface area (Å²) < 4.78 is 0. The van der Waals surface area contributed by atoms with Crippen LogP contribution in [-0.4, -0.2) is 11.0 Å². The summed E-state index contributed by atoms with van der Waals surface area (Å²) in [5.74, 6) is 2.00. The zero-order valence-electron chi connectivity index (χ0n) is 8.83. The van der Waals surface area contributed by atoms with Crippen LogP contribution < -0.4 is 0 Å². The number of thioether (sulfide) groups is 1. The van der Waals surface area contributed by atoms with E-state index in [-0.39, 0.29) is 11.0 Å². The van der Waals surface area contributed by atoms with Crippen molar-refractivity contribution in [3.05, 3.63) is 50.0 Å². The molecule has 0 spiro atoms. The molecule has 1 N–H and O–H groups in total. The predicted molar refractivity (Wildman–Crippen MR) is 71.3 cm³/mol. The third-order valence-corrected chi connectivity index (χ3v) is 4.64. The van der Waals surface area contributed by atoms with Crippen LogP contribution in [-0.2, 0) is 4.79 Å². The van der Waals surface area contributed by atoms with Crippen molar-refractivity contribution in [3.63, 3.8) is 0 Å². The molecule has 0 aliphatic carbocycles. The molecule has 1 aromatic rings. The van der Waals surface area contributed by atoms with E-state index in [2.05, 4.69) is 0 Å². The fourth-order valence-electron chi connectivity index (χ4n) is 1.58. The lowest BCUT2D eigenvalue weighted by Crippen LogP contribution is -1.94. The molecule has 17 heavy (non-hydrogen) atoms. The van der Waals surface area contributed by atoms with Crippen LogP contribution in [0.1, 0.15) is 17.7 Å². The summed E-state index contributed by atoms with van der Waals surface area (Å²) in [5, 5.41) is 10.5. The number of aliphatic hydroxyl groups excluding tert-OH is 1. The molecule has 0 aromatic heterocycles. The quantitative estimate of drug-likeness (QED) is 0.781. The van der Waals surface area contributed by atoms with Crippen LogP contribution in [0.3, 0.4) is 0 Å². The van der Waals surface area contributed by atoms with Crippen LogP contribution in [0.15, 0.2) is 34.4 Å². The van der Waals surface area contributed by atoms with E-state index < -0.39 is 0 Å². The molecular weight excluding hydrogens is 279 g/mol. The first-order valence-electron chi connectivity index (χ1n) is 4.81. The number of allylic oxidation sites excluding steroid dienone is 1. The van der Waals surface area contributed by atoms with E-state index >= 15 is 0 Å². The second kappa shape index (κ2) is 4.79. The molecule has 1 aromatic carbocycles. The molecule has 1 unspecified atom stereocenters. The number of benzene rings is 1. The van der Waals surface area contributed by atoms with Crippen LogP contribution >= 0.6 is 35.0 Å². The third-order valence-electron chi connectivity index (χ3n) is 2.55. The van der Waals surface area contributed by atoms with E-state index in [1.807, 2.05) is 5.94 Å². The normalized spacial score (nSPS) is 19.7. The Morgan fingerprint density at radius 2 is 2.06 bits per heavy atom. The van der Waals surface area contributed by atoms with Gasteiger partial charge in [-0.05, 0) is 24.6 Å². The number of hydrogen-bond acceptors (Lipinski definition) is 3. The van der Waals surface area contributed by atoms with Crippen molar-refractivity contribution in [2.75, 3.05) is 0 Å². The molecule has 0 amide bonds. The number of rotatable bonds is 1. The Morgan fingerprint density at radius 1 is 1.35 bits per heavy atom. The van der Waals surface area contributed by atoms with Crippen molar-refractivity contribution >= 4 is 40.9 Å². The van der Waals surface area contributed by atoms with Gasteiger partial charge in [0, 0.05) is 5.57 Å². The molecule has 1 aliphatic heterocycles. The fourth-order valence-corrected chi connectivity index (χ4v) is 3.02. The molecule has 0 fully saturated rings. The Balaban J connectivity index is 2.43. The van der Waals surface area contributed by atoms with Gasteiger partial charge in [0.25, 0.3) is 0 Å². The second-order valence-electron chi connectivity index (χ2n) is 3.61. The summed E-state index contributed by atoms with van der Waals surface area (Å²) >= 11 is 13.0. The summed E-state index contributed by atoms with van der Waals surface area (Å²) in [5.41, 5.74) is 1.38. The van der Waals surface area contributed by atoms with Gasteiger partial charge in [0.2, 0.25) is 0 Å². The van der Waals surface area contributed by atoms with Gasteiger partial charge < -0.3 is 5.11 Å². The molecule has 0 saturated heterocycles. The molecule has 0 bridgehead atoms. The summed E-state index contributed by atoms with van der Waals surface area (Å²) in [6.45, 7) is 1.69. The van der Waals surface area contributed by atoms with Crippen molar-refractivity contribution in [2.45, 2.75) is 12.2 Å². The topological polar surface area (TPSA) is 37.3 Å². The van der Waals surface area contributed by atoms with Crippen molar-refractivity contribution in [2.24, 2.45) is 0 Å². The molecule has 1 aliphatic rings. The van der Waals surface area contributed by atoms with Crippen molar-refractivity contribution in [1.82, 2.24) is 0 Å². The number of carbonyl (C=O) groups excluding carboxylic acids is 1.